The van der Waals surface area contributed by atoms with Crippen molar-refractivity contribution in [2.24, 2.45) is 0 Å². The van der Waals surface area contributed by atoms with Crippen LogP contribution in [0.15, 0.2) is 17.0 Å². The SMILES string of the molecule is CC(C)N(C)C(=O)COc1ccc(S(=O)(=O)Cl)c(Cl)c1Cl. The van der Waals surface area contributed by atoms with E-state index in [9.17, 15) is 13.2 Å². The highest BCUT2D eigenvalue weighted by Crippen LogP contribution is 2.37. The predicted molar refractivity (Wildman–Crippen MR) is 82.9 cm³/mol. The molecule has 0 unspecified atom stereocenters. The average molecular weight is 375 g/mol. The Morgan fingerprint density at radius 2 is 1.86 bits per heavy atom. The molecule has 0 fully saturated rings. The van der Waals surface area contributed by atoms with Gasteiger partial charge in [0, 0.05) is 23.8 Å². The average Bonchev–Trinajstić information content (AvgIpc) is 2.37. The smallest absolute Gasteiger partial charge is 0.262 e. The monoisotopic (exact) mass is 373 g/mol. The highest BCUT2D eigenvalue weighted by molar-refractivity contribution is 8.13. The van der Waals surface area contributed by atoms with Crippen molar-refractivity contribution in [3.63, 3.8) is 0 Å². The maximum absolute atomic E-state index is 11.8. The summed E-state index contributed by atoms with van der Waals surface area (Å²) in [5, 5.41) is -0.354. The van der Waals surface area contributed by atoms with Gasteiger partial charge in [0.25, 0.3) is 15.0 Å². The van der Waals surface area contributed by atoms with Gasteiger partial charge >= 0.3 is 0 Å². The van der Waals surface area contributed by atoms with Crippen molar-refractivity contribution in [3.05, 3.63) is 22.2 Å². The van der Waals surface area contributed by atoms with Crippen molar-refractivity contribution in [1.82, 2.24) is 4.90 Å². The van der Waals surface area contributed by atoms with Gasteiger partial charge in [-0.1, -0.05) is 23.2 Å². The number of benzene rings is 1. The van der Waals surface area contributed by atoms with E-state index in [1.807, 2.05) is 13.8 Å². The second-order valence-electron chi connectivity index (χ2n) is 4.51. The fourth-order valence-electron chi connectivity index (χ4n) is 1.34. The Morgan fingerprint density at radius 3 is 2.33 bits per heavy atom. The van der Waals surface area contributed by atoms with E-state index in [4.69, 9.17) is 38.6 Å². The number of amides is 1. The van der Waals surface area contributed by atoms with Crippen molar-refractivity contribution in [2.75, 3.05) is 13.7 Å². The number of nitrogens with zero attached hydrogens (tertiary/aromatic N) is 1. The molecule has 9 heteroatoms. The number of ether oxygens (including phenoxy) is 1. The first-order valence-electron chi connectivity index (χ1n) is 5.86. The maximum atomic E-state index is 11.8. The van der Waals surface area contributed by atoms with E-state index in [1.165, 1.54) is 17.0 Å². The largest absolute Gasteiger partial charge is 0.482 e. The van der Waals surface area contributed by atoms with Crippen LogP contribution < -0.4 is 4.74 Å². The van der Waals surface area contributed by atoms with Crippen LogP contribution in [0.5, 0.6) is 5.75 Å². The van der Waals surface area contributed by atoms with Crippen LogP contribution in [0.1, 0.15) is 13.8 Å². The Hall–Kier alpha value is -0.690. The van der Waals surface area contributed by atoms with Crippen molar-refractivity contribution < 1.29 is 17.9 Å². The number of hydrogen-bond acceptors (Lipinski definition) is 4. The number of hydrogen-bond donors (Lipinski definition) is 0. The Balaban J connectivity index is 2.93. The van der Waals surface area contributed by atoms with Gasteiger partial charge in [-0.15, -0.1) is 0 Å². The van der Waals surface area contributed by atoms with Gasteiger partial charge in [0.05, 0.1) is 5.02 Å². The zero-order valence-electron chi connectivity index (χ0n) is 11.6. The molecule has 21 heavy (non-hydrogen) atoms. The van der Waals surface area contributed by atoms with Crippen LogP contribution in [0.2, 0.25) is 10.0 Å². The lowest BCUT2D eigenvalue weighted by Crippen LogP contribution is -2.36. The summed E-state index contributed by atoms with van der Waals surface area (Å²) in [6.45, 7) is 3.49. The minimum absolute atomic E-state index is 0.0314. The summed E-state index contributed by atoms with van der Waals surface area (Å²) in [5.41, 5.74) is 0. The van der Waals surface area contributed by atoms with Gasteiger partial charge in [-0.2, -0.15) is 0 Å². The third kappa shape index (κ3) is 4.64. The van der Waals surface area contributed by atoms with Gasteiger partial charge in [0.2, 0.25) is 0 Å². The summed E-state index contributed by atoms with van der Waals surface area (Å²) in [7, 11) is 2.86. The Morgan fingerprint density at radius 1 is 1.29 bits per heavy atom. The summed E-state index contributed by atoms with van der Waals surface area (Å²) >= 11 is 11.8. The fourth-order valence-corrected chi connectivity index (χ4v) is 3.13. The fraction of sp³-hybridized carbons (Fsp3) is 0.417. The van der Waals surface area contributed by atoms with Crippen LogP contribution in [0, 0.1) is 0 Å². The molecule has 0 aliphatic rings. The van der Waals surface area contributed by atoms with E-state index >= 15 is 0 Å². The van der Waals surface area contributed by atoms with Gasteiger partial charge in [-0.25, -0.2) is 8.42 Å². The highest BCUT2D eigenvalue weighted by Gasteiger charge is 2.21. The summed E-state index contributed by atoms with van der Waals surface area (Å²) in [6.07, 6.45) is 0. The summed E-state index contributed by atoms with van der Waals surface area (Å²) in [6, 6.07) is 2.50. The van der Waals surface area contributed by atoms with Crippen molar-refractivity contribution in [3.8, 4) is 5.75 Å². The van der Waals surface area contributed by atoms with Crippen LogP contribution in [0.25, 0.3) is 0 Å². The zero-order valence-corrected chi connectivity index (χ0v) is 14.6. The lowest BCUT2D eigenvalue weighted by atomic mass is 10.3. The third-order valence-electron chi connectivity index (χ3n) is 2.79. The number of carbonyl (C=O) groups excluding carboxylic acids is 1. The van der Waals surface area contributed by atoms with Gasteiger partial charge in [-0.3, -0.25) is 4.79 Å². The molecule has 0 bridgehead atoms. The van der Waals surface area contributed by atoms with Crippen LogP contribution in [0.3, 0.4) is 0 Å². The van der Waals surface area contributed by atoms with E-state index in [-0.39, 0.29) is 39.2 Å². The second-order valence-corrected chi connectivity index (χ2v) is 7.81. The Bertz CT molecular complexity index is 646. The molecule has 0 saturated heterocycles. The molecule has 0 radical (unpaired) electrons. The number of likely N-dealkylation sites (N-methyl/N-ethyl adjacent to an activating group) is 1. The molecular weight excluding hydrogens is 361 g/mol. The molecule has 0 spiro atoms. The lowest BCUT2D eigenvalue weighted by Gasteiger charge is -2.21. The second kappa shape index (κ2) is 7.05. The topological polar surface area (TPSA) is 63.7 Å². The van der Waals surface area contributed by atoms with E-state index < -0.39 is 9.05 Å². The van der Waals surface area contributed by atoms with Crippen molar-refractivity contribution in [2.45, 2.75) is 24.8 Å². The standard InChI is InChI=1S/C12H14Cl3NO4S/c1-7(2)16(3)10(17)6-20-8-4-5-9(21(15,18)19)12(14)11(8)13/h4-5,7H,6H2,1-3H3. The number of halogens is 3. The Kier molecular flexibility index (Phi) is 6.16. The first-order chi connectivity index (χ1) is 9.55. The molecule has 0 saturated carbocycles. The van der Waals surface area contributed by atoms with E-state index in [0.717, 1.165) is 0 Å². The van der Waals surface area contributed by atoms with Gasteiger partial charge in [0.15, 0.2) is 6.61 Å². The van der Waals surface area contributed by atoms with E-state index in [0.29, 0.717) is 0 Å². The first-order valence-corrected chi connectivity index (χ1v) is 8.93. The molecule has 0 atom stereocenters. The summed E-state index contributed by atoms with van der Waals surface area (Å²) < 4.78 is 27.8. The van der Waals surface area contributed by atoms with E-state index in [1.54, 1.807) is 7.05 Å². The van der Waals surface area contributed by atoms with Crippen molar-refractivity contribution >= 4 is 48.8 Å². The van der Waals surface area contributed by atoms with Crippen LogP contribution >= 0.6 is 33.9 Å². The van der Waals surface area contributed by atoms with Gasteiger partial charge in [0.1, 0.15) is 15.7 Å². The third-order valence-corrected chi connectivity index (χ3v) is 5.13. The quantitative estimate of drug-likeness (QED) is 0.743. The summed E-state index contributed by atoms with van der Waals surface area (Å²) in [4.78, 5) is 13.0. The zero-order chi connectivity index (χ0) is 16.4. The minimum Gasteiger partial charge on any atom is -0.482 e. The van der Waals surface area contributed by atoms with Crippen LogP contribution in [0.4, 0.5) is 0 Å². The maximum Gasteiger partial charge on any atom is 0.262 e. The molecule has 0 aliphatic carbocycles. The molecule has 0 heterocycles. The molecular formula is C12H14Cl3NO4S. The molecule has 1 aromatic carbocycles. The Labute approximate surface area is 138 Å². The lowest BCUT2D eigenvalue weighted by molar-refractivity contribution is -0.133. The normalized spacial score (nSPS) is 11.6. The predicted octanol–water partition coefficient (Wildman–Crippen LogP) is 3.17. The molecule has 1 aromatic rings. The highest BCUT2D eigenvalue weighted by atomic mass is 35.7. The van der Waals surface area contributed by atoms with Gasteiger partial charge in [-0.05, 0) is 26.0 Å². The molecule has 1 rings (SSSR count). The molecule has 0 aromatic heterocycles. The van der Waals surface area contributed by atoms with Crippen LogP contribution in [-0.2, 0) is 13.8 Å². The minimum atomic E-state index is -4.00. The van der Waals surface area contributed by atoms with Crippen molar-refractivity contribution in [1.29, 1.82) is 0 Å². The molecule has 0 aliphatic heterocycles. The molecule has 5 nitrogen and oxygen atoms in total. The first kappa shape index (κ1) is 18.4. The van der Waals surface area contributed by atoms with Crippen LogP contribution in [-0.4, -0.2) is 38.9 Å². The molecule has 0 N–H and O–H groups in total. The molecule has 118 valence electrons. The number of carbonyl (C=O) groups is 1. The summed E-state index contributed by atoms with van der Waals surface area (Å²) in [5.74, 6) is -0.137. The molecule has 1 amide bonds. The van der Waals surface area contributed by atoms with Gasteiger partial charge < -0.3 is 9.64 Å². The van der Waals surface area contributed by atoms with E-state index in [2.05, 4.69) is 0 Å². The number of rotatable bonds is 5.